The lowest BCUT2D eigenvalue weighted by atomic mass is 9.96. The van der Waals surface area contributed by atoms with E-state index < -0.39 is 40.2 Å². The molecule has 1 aliphatic heterocycles. The Morgan fingerprint density at radius 2 is 1.64 bits per heavy atom. The highest BCUT2D eigenvalue weighted by Crippen LogP contribution is 2.43. The SMILES string of the molecule is CC(C)(C)c1nc(N2CC(F)(F)C(F)(F)C2)c2ncn(Cc3ccccc3S(C)(=O)=O)c2n1. The number of hydrogen-bond acceptors (Lipinski definition) is 6. The van der Waals surface area contributed by atoms with Crippen molar-refractivity contribution in [2.75, 3.05) is 24.2 Å². The molecule has 0 bridgehead atoms. The maximum absolute atomic E-state index is 13.9. The molecule has 33 heavy (non-hydrogen) atoms. The lowest BCUT2D eigenvalue weighted by Crippen LogP contribution is -2.38. The van der Waals surface area contributed by atoms with Crippen LogP contribution >= 0.6 is 0 Å². The third kappa shape index (κ3) is 4.16. The smallest absolute Gasteiger partial charge is 0.329 e. The molecule has 1 aromatic carbocycles. The van der Waals surface area contributed by atoms with Gasteiger partial charge in [-0.3, -0.25) is 0 Å². The minimum Gasteiger partial charge on any atom is -0.342 e. The van der Waals surface area contributed by atoms with Gasteiger partial charge in [0, 0.05) is 11.7 Å². The van der Waals surface area contributed by atoms with Gasteiger partial charge in [0.05, 0.1) is 30.9 Å². The molecule has 0 atom stereocenters. The number of anilines is 1. The van der Waals surface area contributed by atoms with Gasteiger partial charge in [0.1, 0.15) is 5.82 Å². The zero-order valence-corrected chi connectivity index (χ0v) is 19.3. The molecule has 2 aromatic heterocycles. The molecule has 0 amide bonds. The Morgan fingerprint density at radius 1 is 1.03 bits per heavy atom. The molecule has 3 heterocycles. The minimum atomic E-state index is -4.21. The van der Waals surface area contributed by atoms with Crippen molar-refractivity contribution in [2.24, 2.45) is 0 Å². The van der Waals surface area contributed by atoms with Gasteiger partial charge in [-0.1, -0.05) is 39.0 Å². The normalized spacial score (nSPS) is 18.2. The first kappa shape index (κ1) is 23.4. The van der Waals surface area contributed by atoms with Crippen LogP contribution < -0.4 is 4.90 Å². The van der Waals surface area contributed by atoms with Crippen molar-refractivity contribution < 1.29 is 26.0 Å². The molecule has 0 N–H and O–H groups in total. The molecule has 178 valence electrons. The minimum absolute atomic E-state index is 0.0755. The average molecular weight is 486 g/mol. The molecule has 0 saturated carbocycles. The fourth-order valence-electron chi connectivity index (χ4n) is 3.70. The Morgan fingerprint density at radius 3 is 2.21 bits per heavy atom. The number of benzene rings is 1. The summed E-state index contributed by atoms with van der Waals surface area (Å²) in [4.78, 5) is 14.1. The van der Waals surface area contributed by atoms with E-state index in [1.54, 1.807) is 22.8 Å². The zero-order valence-electron chi connectivity index (χ0n) is 18.5. The van der Waals surface area contributed by atoms with Gasteiger partial charge in [-0.05, 0) is 11.6 Å². The highest BCUT2D eigenvalue weighted by Gasteiger charge is 2.63. The molecule has 7 nitrogen and oxygen atoms in total. The number of sulfone groups is 1. The number of fused-ring (bicyclic) bond motifs is 1. The molecule has 4 rings (SSSR count). The molecule has 0 spiro atoms. The maximum Gasteiger partial charge on any atom is 0.329 e. The fraction of sp³-hybridized carbons (Fsp3) is 0.476. The van der Waals surface area contributed by atoms with Crippen LogP contribution in [0.25, 0.3) is 11.2 Å². The van der Waals surface area contributed by atoms with E-state index in [1.165, 1.54) is 12.4 Å². The maximum atomic E-state index is 13.9. The van der Waals surface area contributed by atoms with Gasteiger partial charge in [0.25, 0.3) is 0 Å². The van der Waals surface area contributed by atoms with Gasteiger partial charge in [-0.2, -0.15) is 17.6 Å². The number of halogens is 4. The summed E-state index contributed by atoms with van der Waals surface area (Å²) in [6, 6.07) is 6.44. The van der Waals surface area contributed by atoms with Crippen LogP contribution in [0.4, 0.5) is 23.4 Å². The van der Waals surface area contributed by atoms with E-state index in [1.807, 2.05) is 20.8 Å². The summed E-state index contributed by atoms with van der Waals surface area (Å²) < 4.78 is 81.6. The van der Waals surface area contributed by atoms with Crippen molar-refractivity contribution in [3.05, 3.63) is 42.0 Å². The Kier molecular flexibility index (Phi) is 5.23. The van der Waals surface area contributed by atoms with E-state index in [0.29, 0.717) is 5.56 Å². The Labute approximate surface area is 188 Å². The van der Waals surface area contributed by atoms with Gasteiger partial charge >= 0.3 is 11.8 Å². The second-order valence-corrected chi connectivity index (χ2v) is 11.3. The molecule has 0 radical (unpaired) electrons. The van der Waals surface area contributed by atoms with Gasteiger partial charge in [0.2, 0.25) is 0 Å². The Hall–Kier alpha value is -2.76. The molecule has 1 saturated heterocycles. The zero-order chi connectivity index (χ0) is 24.4. The van der Waals surface area contributed by atoms with Crippen LogP contribution in [0.2, 0.25) is 0 Å². The van der Waals surface area contributed by atoms with Gasteiger partial charge in [0.15, 0.2) is 26.8 Å². The van der Waals surface area contributed by atoms with Crippen LogP contribution in [0.5, 0.6) is 0 Å². The summed E-state index contributed by atoms with van der Waals surface area (Å²) in [5.41, 5.74) is 0.198. The molecule has 1 fully saturated rings. The van der Waals surface area contributed by atoms with Crippen molar-refractivity contribution in [2.45, 2.75) is 49.5 Å². The first-order chi connectivity index (χ1) is 15.1. The number of hydrogen-bond donors (Lipinski definition) is 0. The number of rotatable bonds is 4. The molecular weight excluding hydrogens is 462 g/mol. The van der Waals surface area contributed by atoms with Gasteiger partial charge in [-0.25, -0.2) is 23.4 Å². The lowest BCUT2D eigenvalue weighted by Gasteiger charge is -2.22. The fourth-order valence-corrected chi connectivity index (χ4v) is 4.63. The van der Waals surface area contributed by atoms with Crippen LogP contribution in [0, 0.1) is 0 Å². The summed E-state index contributed by atoms with van der Waals surface area (Å²) >= 11 is 0. The summed E-state index contributed by atoms with van der Waals surface area (Å²) in [5, 5.41) is 0. The quantitative estimate of drug-likeness (QED) is 0.525. The lowest BCUT2D eigenvalue weighted by molar-refractivity contribution is -0.172. The van der Waals surface area contributed by atoms with Crippen molar-refractivity contribution in [1.82, 2.24) is 19.5 Å². The summed E-state index contributed by atoms with van der Waals surface area (Å²) in [6.45, 7) is 3.12. The first-order valence-electron chi connectivity index (χ1n) is 10.1. The molecule has 3 aromatic rings. The number of aromatic nitrogens is 4. The second-order valence-electron chi connectivity index (χ2n) is 9.31. The number of imidazole rings is 1. The third-order valence-electron chi connectivity index (χ3n) is 5.44. The standard InChI is InChI=1S/C21H23F4N5O2S/c1-19(2,3)18-27-16-15(17(28-18)30-10-20(22,23)21(24,25)11-30)26-12-29(16)9-13-7-5-6-8-14(13)33(4,31)32/h5-8,12H,9-11H2,1-4H3. The summed E-state index contributed by atoms with van der Waals surface area (Å²) in [5.74, 6) is -8.25. The monoisotopic (exact) mass is 485 g/mol. The molecule has 1 aliphatic rings. The molecule has 0 aliphatic carbocycles. The van der Waals surface area contributed by atoms with E-state index in [2.05, 4.69) is 15.0 Å². The number of nitrogens with zero attached hydrogens (tertiary/aromatic N) is 5. The molecule has 12 heteroatoms. The van der Waals surface area contributed by atoms with E-state index in [4.69, 9.17) is 0 Å². The van der Waals surface area contributed by atoms with Crippen molar-refractivity contribution in [3.63, 3.8) is 0 Å². The van der Waals surface area contributed by atoms with Crippen LogP contribution in [0.15, 0.2) is 35.5 Å². The second kappa shape index (κ2) is 7.37. The van der Waals surface area contributed by atoms with E-state index in [0.717, 1.165) is 11.2 Å². The van der Waals surface area contributed by atoms with E-state index in [-0.39, 0.29) is 34.2 Å². The molecule has 0 unspecified atom stereocenters. The van der Waals surface area contributed by atoms with Crippen molar-refractivity contribution in [3.8, 4) is 0 Å². The van der Waals surface area contributed by atoms with Crippen molar-refractivity contribution in [1.29, 1.82) is 0 Å². The largest absolute Gasteiger partial charge is 0.342 e. The predicted molar refractivity (Wildman–Crippen MR) is 115 cm³/mol. The predicted octanol–water partition coefficient (Wildman–Crippen LogP) is 3.67. The topological polar surface area (TPSA) is 81.0 Å². The molecular formula is C21H23F4N5O2S. The van der Waals surface area contributed by atoms with Crippen LogP contribution in [0.1, 0.15) is 32.2 Å². The summed E-state index contributed by atoms with van der Waals surface area (Å²) in [7, 11) is -3.51. The first-order valence-corrected chi connectivity index (χ1v) is 12.0. The van der Waals surface area contributed by atoms with Crippen LogP contribution in [-0.2, 0) is 21.8 Å². The number of alkyl halides is 4. The van der Waals surface area contributed by atoms with Gasteiger partial charge in [-0.15, -0.1) is 0 Å². The van der Waals surface area contributed by atoms with Crippen molar-refractivity contribution >= 4 is 26.8 Å². The van der Waals surface area contributed by atoms with Crippen LogP contribution in [-0.4, -0.2) is 59.1 Å². The van der Waals surface area contributed by atoms with Crippen LogP contribution in [0.3, 0.4) is 0 Å². The third-order valence-corrected chi connectivity index (χ3v) is 6.64. The van der Waals surface area contributed by atoms with E-state index in [9.17, 15) is 26.0 Å². The average Bonchev–Trinajstić information content (AvgIpc) is 3.17. The van der Waals surface area contributed by atoms with E-state index >= 15 is 0 Å². The highest BCUT2D eigenvalue weighted by atomic mass is 32.2. The Bertz CT molecular complexity index is 1320. The highest BCUT2D eigenvalue weighted by molar-refractivity contribution is 7.90. The summed E-state index contributed by atoms with van der Waals surface area (Å²) in [6.07, 6.45) is 2.48. The Balaban J connectivity index is 1.87. The van der Waals surface area contributed by atoms with Gasteiger partial charge < -0.3 is 9.47 Å².